The minimum Gasteiger partial charge on any atom is -0.480 e. The topological polar surface area (TPSA) is 157 Å². The minimum atomic E-state index is -4.46. The third-order valence-corrected chi connectivity index (χ3v) is 9.59. The van der Waals surface area contributed by atoms with Crippen LogP contribution in [0, 0.1) is 0 Å². The van der Waals surface area contributed by atoms with Crippen LogP contribution in [0.1, 0.15) is 29.9 Å². The van der Waals surface area contributed by atoms with Gasteiger partial charge in [-0.05, 0) is 46.7 Å². The van der Waals surface area contributed by atoms with Crippen molar-refractivity contribution in [2.45, 2.75) is 36.3 Å². The van der Waals surface area contributed by atoms with Crippen molar-refractivity contribution >= 4 is 21.9 Å². The molecular formula is C24H27F3N8O4S. The molecular weight excluding hydrogens is 553 g/mol. The first-order valence-electron chi connectivity index (χ1n) is 12.5. The van der Waals surface area contributed by atoms with Crippen molar-refractivity contribution in [3.8, 4) is 0 Å². The second-order valence-electron chi connectivity index (χ2n) is 9.91. The van der Waals surface area contributed by atoms with Crippen molar-refractivity contribution in [1.82, 2.24) is 8.61 Å². The van der Waals surface area contributed by atoms with Crippen LogP contribution < -0.4 is 10.6 Å². The van der Waals surface area contributed by atoms with Crippen molar-refractivity contribution in [2.75, 3.05) is 37.6 Å². The van der Waals surface area contributed by atoms with Crippen LogP contribution in [0.15, 0.2) is 75.3 Å². The fraction of sp³-hybridized carbons (Fsp3) is 0.458. The van der Waals surface area contributed by atoms with Crippen LogP contribution in [0.4, 0.5) is 18.9 Å². The molecule has 3 N–H and O–H groups in total. The zero-order valence-corrected chi connectivity index (χ0v) is 22.0. The number of aliphatic carboxylic acids is 1. The monoisotopic (exact) mass is 580 g/mol. The summed E-state index contributed by atoms with van der Waals surface area (Å²) in [7, 11) is -4.35. The van der Waals surface area contributed by atoms with Gasteiger partial charge in [0.15, 0.2) is 0 Å². The first kappa shape index (κ1) is 28.1. The van der Waals surface area contributed by atoms with Crippen molar-refractivity contribution in [1.29, 1.82) is 0 Å². The van der Waals surface area contributed by atoms with E-state index in [1.165, 1.54) is 16.4 Å². The van der Waals surface area contributed by atoms with Gasteiger partial charge in [-0.15, -0.1) is 10.2 Å². The van der Waals surface area contributed by atoms with E-state index in [1.54, 1.807) is 35.2 Å². The number of alkyl halides is 3. The maximum absolute atomic E-state index is 14.1. The summed E-state index contributed by atoms with van der Waals surface area (Å²) >= 11 is 0. The fourth-order valence-electron chi connectivity index (χ4n) is 5.23. The molecule has 0 amide bonds. The van der Waals surface area contributed by atoms with Crippen molar-refractivity contribution < 1.29 is 31.5 Å². The molecule has 0 aromatic heterocycles. The number of hydrogen-bond donors (Lipinski definition) is 2. The fourth-order valence-corrected chi connectivity index (χ4v) is 7.15. The van der Waals surface area contributed by atoms with Gasteiger partial charge in [-0.25, -0.2) is 0 Å². The number of piperazine rings is 1. The van der Waals surface area contributed by atoms with Gasteiger partial charge in [0.1, 0.15) is 5.54 Å². The van der Waals surface area contributed by atoms with Crippen molar-refractivity contribution in [3.05, 3.63) is 65.7 Å². The molecule has 2 heterocycles. The molecule has 0 radical (unpaired) electrons. The quantitative estimate of drug-likeness (QED) is 0.464. The molecule has 12 nitrogen and oxygen atoms in total. The van der Waals surface area contributed by atoms with E-state index in [1.807, 2.05) is 0 Å². The van der Waals surface area contributed by atoms with Gasteiger partial charge in [-0.2, -0.15) is 30.2 Å². The molecule has 2 unspecified atom stereocenters. The number of hydrogen-bond acceptors (Lipinski definition) is 9. The number of carbonyl (C=O) groups is 1. The maximum Gasteiger partial charge on any atom is 0.416 e. The summed E-state index contributed by atoms with van der Waals surface area (Å²) in [5, 5.41) is 24.6. The highest BCUT2D eigenvalue weighted by atomic mass is 32.2. The molecule has 40 heavy (non-hydrogen) atoms. The Labute approximate surface area is 228 Å². The number of rotatable bonds is 9. The van der Waals surface area contributed by atoms with Crippen LogP contribution >= 0.6 is 0 Å². The predicted molar refractivity (Wildman–Crippen MR) is 136 cm³/mol. The average molecular weight is 581 g/mol. The molecule has 2 aromatic rings. The SMILES string of the molecule is NC1(CCN(C2(C(=O)O)CC2c2ccccc2)S(=O)(=O)N2CCN(c3ccc(C(F)(F)F)cc3)CC2)N=NN=N1. The van der Waals surface area contributed by atoms with Gasteiger partial charge in [0, 0.05) is 50.7 Å². The van der Waals surface area contributed by atoms with Gasteiger partial charge in [-0.1, -0.05) is 30.3 Å². The van der Waals surface area contributed by atoms with Crippen LogP contribution in [-0.2, 0) is 21.2 Å². The minimum absolute atomic E-state index is 0.00125. The third-order valence-electron chi connectivity index (χ3n) is 7.51. The lowest BCUT2D eigenvalue weighted by Gasteiger charge is -2.40. The molecule has 1 aliphatic carbocycles. The lowest BCUT2D eigenvalue weighted by atomic mass is 10.1. The molecule has 2 aliphatic heterocycles. The van der Waals surface area contributed by atoms with Crippen molar-refractivity contribution in [3.63, 3.8) is 0 Å². The summed E-state index contributed by atoms with van der Waals surface area (Å²) in [6.45, 7) is 0.0941. The summed E-state index contributed by atoms with van der Waals surface area (Å²) in [5.74, 6) is -3.48. The maximum atomic E-state index is 14.1. The van der Waals surface area contributed by atoms with E-state index < -0.39 is 45.2 Å². The lowest BCUT2D eigenvalue weighted by molar-refractivity contribution is -0.143. The first-order valence-corrected chi connectivity index (χ1v) is 13.9. The molecule has 0 bridgehead atoms. The Kier molecular flexibility index (Phi) is 7.14. The molecule has 2 aromatic carbocycles. The van der Waals surface area contributed by atoms with Gasteiger partial charge in [0.2, 0.25) is 5.79 Å². The predicted octanol–water partition coefficient (Wildman–Crippen LogP) is 3.22. The van der Waals surface area contributed by atoms with E-state index in [0.29, 0.717) is 11.3 Å². The van der Waals surface area contributed by atoms with Gasteiger partial charge < -0.3 is 10.0 Å². The molecule has 16 heteroatoms. The van der Waals surface area contributed by atoms with Crippen LogP contribution in [-0.4, -0.2) is 72.2 Å². The van der Waals surface area contributed by atoms with E-state index in [-0.39, 0.29) is 45.6 Å². The summed E-state index contributed by atoms with van der Waals surface area (Å²) in [4.78, 5) is 14.5. The van der Waals surface area contributed by atoms with Crippen LogP contribution in [0.25, 0.3) is 0 Å². The van der Waals surface area contributed by atoms with Crippen LogP contribution in [0.2, 0.25) is 0 Å². The van der Waals surface area contributed by atoms with E-state index >= 15 is 0 Å². The highest BCUT2D eigenvalue weighted by molar-refractivity contribution is 7.86. The van der Waals surface area contributed by atoms with Gasteiger partial charge in [-0.3, -0.25) is 10.5 Å². The molecule has 2 fully saturated rings. The van der Waals surface area contributed by atoms with Gasteiger partial charge in [0.25, 0.3) is 10.2 Å². The largest absolute Gasteiger partial charge is 0.480 e. The molecule has 5 rings (SSSR count). The first-order chi connectivity index (χ1) is 18.9. The number of anilines is 1. The van der Waals surface area contributed by atoms with Crippen LogP contribution in [0.3, 0.4) is 0 Å². The van der Waals surface area contributed by atoms with Crippen LogP contribution in [0.5, 0.6) is 0 Å². The Balaban J connectivity index is 1.38. The second-order valence-corrected chi connectivity index (χ2v) is 11.8. The normalized spacial score (nSPS) is 24.5. The highest BCUT2D eigenvalue weighted by Crippen LogP contribution is 2.57. The smallest absolute Gasteiger partial charge is 0.416 e. The second kappa shape index (κ2) is 10.2. The molecule has 1 saturated heterocycles. The van der Waals surface area contributed by atoms with Gasteiger partial charge >= 0.3 is 12.1 Å². The van der Waals surface area contributed by atoms with E-state index in [4.69, 9.17) is 5.73 Å². The lowest BCUT2D eigenvalue weighted by Crippen LogP contribution is -2.59. The summed E-state index contributed by atoms with van der Waals surface area (Å²) in [6, 6.07) is 13.5. The Morgan fingerprint density at radius 2 is 1.62 bits per heavy atom. The summed E-state index contributed by atoms with van der Waals surface area (Å²) < 4.78 is 69.1. The van der Waals surface area contributed by atoms with E-state index in [2.05, 4.69) is 20.7 Å². The zero-order valence-electron chi connectivity index (χ0n) is 21.1. The number of benzene rings is 2. The standard InChI is InChI=1S/C24H27F3N8O4S/c25-24(26,27)18-6-8-19(9-7-18)33-12-14-34(15-13-33)40(38,39)35(11-10-23(28)29-31-32-30-23)22(21(36)37)16-20(22)17-4-2-1-3-5-17/h1-9,20H,10-16,28H2,(H,36,37). The Bertz CT molecular complexity index is 1400. The molecule has 1 saturated carbocycles. The highest BCUT2D eigenvalue weighted by Gasteiger charge is 2.68. The average Bonchev–Trinajstić information content (AvgIpc) is 3.54. The van der Waals surface area contributed by atoms with E-state index in [0.717, 1.165) is 16.4 Å². The molecule has 0 spiro atoms. The third kappa shape index (κ3) is 5.18. The van der Waals surface area contributed by atoms with Gasteiger partial charge in [0.05, 0.1) is 5.56 Å². The summed E-state index contributed by atoms with van der Waals surface area (Å²) in [6.07, 6.45) is -4.54. The van der Waals surface area contributed by atoms with E-state index in [9.17, 15) is 31.5 Å². The number of carboxylic acids is 1. The Hall–Kier alpha value is -3.47. The molecule has 2 atom stereocenters. The number of halogens is 3. The Morgan fingerprint density at radius 3 is 2.17 bits per heavy atom. The molecule has 3 aliphatic rings. The summed E-state index contributed by atoms with van der Waals surface area (Å²) in [5.41, 5.74) is 4.76. The number of nitrogens with zero attached hydrogens (tertiary/aromatic N) is 7. The zero-order chi connectivity index (χ0) is 28.8. The molecule has 214 valence electrons. The number of carboxylic acid groups (broad SMARTS) is 1. The number of nitrogens with two attached hydrogens (primary N) is 1. The van der Waals surface area contributed by atoms with Crippen molar-refractivity contribution in [2.24, 2.45) is 26.4 Å². The Morgan fingerprint density at radius 1 is 1.02 bits per heavy atom.